The van der Waals surface area contributed by atoms with Crippen molar-refractivity contribution in [1.29, 1.82) is 0 Å². The average Bonchev–Trinajstić information content (AvgIpc) is 2.35. The van der Waals surface area contributed by atoms with Gasteiger partial charge in [-0.15, -0.1) is 0 Å². The second-order valence-electron chi connectivity index (χ2n) is 4.58. The molecule has 7 nitrogen and oxygen atoms in total. The minimum Gasteiger partial charge on any atom is -0.486 e. The lowest BCUT2D eigenvalue weighted by Crippen LogP contribution is -2.30. The Balaban J connectivity index is 2.98. The molecule has 0 amide bonds. The fourth-order valence-electron chi connectivity index (χ4n) is 1.19. The highest BCUT2D eigenvalue weighted by atomic mass is 16.6. The molecule has 0 heterocycles. The first kappa shape index (κ1) is 14.6. The van der Waals surface area contributed by atoms with E-state index in [4.69, 9.17) is 9.84 Å². The number of nitrogens with zero attached hydrogens (tertiary/aromatic N) is 1. The van der Waals surface area contributed by atoms with E-state index in [9.17, 15) is 19.7 Å². The molecule has 0 bridgehead atoms. The van der Waals surface area contributed by atoms with Crippen molar-refractivity contribution >= 4 is 17.9 Å². The summed E-state index contributed by atoms with van der Waals surface area (Å²) in [6.45, 7) is 2.67. The van der Waals surface area contributed by atoms with Crippen LogP contribution in [0.5, 0.6) is 5.75 Å². The van der Waals surface area contributed by atoms with Crippen LogP contribution < -0.4 is 4.74 Å². The molecule has 0 aromatic heterocycles. The van der Waals surface area contributed by atoms with Crippen LogP contribution in [-0.4, -0.2) is 28.9 Å². The molecule has 1 aromatic carbocycles. The third-order valence-corrected chi connectivity index (χ3v) is 2.48. The summed E-state index contributed by atoms with van der Waals surface area (Å²) in [5.41, 5.74) is -1.39. The van der Waals surface area contributed by atoms with Crippen molar-refractivity contribution in [1.82, 2.24) is 0 Å². The number of carboxylic acid groups (broad SMARTS) is 1. The third kappa shape index (κ3) is 3.51. The van der Waals surface area contributed by atoms with Gasteiger partial charge in [-0.25, -0.2) is 0 Å². The fourth-order valence-corrected chi connectivity index (χ4v) is 1.19. The van der Waals surface area contributed by atoms with E-state index in [-0.39, 0.29) is 23.6 Å². The largest absolute Gasteiger partial charge is 0.486 e. The Hall–Kier alpha value is -2.44. The van der Waals surface area contributed by atoms with Gasteiger partial charge in [0.2, 0.25) is 0 Å². The van der Waals surface area contributed by atoms with Crippen molar-refractivity contribution in [3.63, 3.8) is 0 Å². The Kier molecular flexibility index (Phi) is 4.21. The number of carbonyl (C=O) groups is 2. The van der Waals surface area contributed by atoms with Crippen LogP contribution in [0.3, 0.4) is 0 Å². The molecular weight excluding hydrogens is 254 g/mol. The molecule has 0 aliphatic carbocycles. The van der Waals surface area contributed by atoms with Gasteiger partial charge in [-0.05, 0) is 26.0 Å². The van der Waals surface area contributed by atoms with Crippen LogP contribution in [0.15, 0.2) is 18.2 Å². The van der Waals surface area contributed by atoms with E-state index in [1.807, 2.05) is 0 Å². The van der Waals surface area contributed by atoms with Gasteiger partial charge >= 0.3 is 11.7 Å². The Morgan fingerprint density at radius 3 is 2.63 bits per heavy atom. The van der Waals surface area contributed by atoms with Gasteiger partial charge < -0.3 is 9.84 Å². The molecule has 0 spiro atoms. The maximum Gasteiger partial charge on any atom is 0.312 e. The molecule has 0 aliphatic heterocycles. The summed E-state index contributed by atoms with van der Waals surface area (Å²) in [7, 11) is 0. The van der Waals surface area contributed by atoms with Gasteiger partial charge in [0.05, 0.1) is 10.3 Å². The molecular formula is C12H13NO6. The highest BCUT2D eigenvalue weighted by molar-refractivity contribution is 5.77. The van der Waals surface area contributed by atoms with Crippen molar-refractivity contribution in [2.24, 2.45) is 5.41 Å². The zero-order valence-electron chi connectivity index (χ0n) is 10.5. The van der Waals surface area contributed by atoms with E-state index in [0.717, 1.165) is 6.07 Å². The molecule has 7 heteroatoms. The number of carboxylic acids is 1. The smallest absolute Gasteiger partial charge is 0.312 e. The standard InChI is InChI=1S/C12H13NO6/c1-12(2,11(15)16)7-19-10-4-3-8(6-14)5-9(10)13(17)18/h3-6H,7H2,1-2H3,(H,15,16). The van der Waals surface area contributed by atoms with Crippen molar-refractivity contribution < 1.29 is 24.4 Å². The maximum atomic E-state index is 10.9. The molecule has 1 aromatic rings. The Morgan fingerprint density at radius 2 is 2.16 bits per heavy atom. The van der Waals surface area contributed by atoms with Gasteiger partial charge in [-0.1, -0.05) is 0 Å². The summed E-state index contributed by atoms with van der Waals surface area (Å²) in [5, 5.41) is 19.8. The number of aldehydes is 1. The predicted octanol–water partition coefficient (Wildman–Crippen LogP) is 1.90. The monoisotopic (exact) mass is 267 g/mol. The summed E-state index contributed by atoms with van der Waals surface area (Å²) < 4.78 is 5.19. The summed E-state index contributed by atoms with van der Waals surface area (Å²) in [6, 6.07) is 3.72. The zero-order chi connectivity index (χ0) is 14.6. The summed E-state index contributed by atoms with van der Waals surface area (Å²) in [6.07, 6.45) is 0.484. The number of nitro benzene ring substituents is 1. The Labute approximate surface area is 109 Å². The Morgan fingerprint density at radius 1 is 1.53 bits per heavy atom. The molecule has 0 unspecified atom stereocenters. The summed E-state index contributed by atoms with van der Waals surface area (Å²) >= 11 is 0. The van der Waals surface area contributed by atoms with Crippen molar-refractivity contribution in [2.45, 2.75) is 13.8 Å². The van der Waals surface area contributed by atoms with Crippen molar-refractivity contribution in [2.75, 3.05) is 6.61 Å². The highest BCUT2D eigenvalue weighted by Gasteiger charge is 2.29. The Bertz CT molecular complexity index is 523. The van der Waals surface area contributed by atoms with Crippen molar-refractivity contribution in [3.05, 3.63) is 33.9 Å². The van der Waals surface area contributed by atoms with Crippen LogP contribution in [0.25, 0.3) is 0 Å². The van der Waals surface area contributed by atoms with Gasteiger partial charge in [0.1, 0.15) is 12.9 Å². The van der Waals surface area contributed by atoms with Crippen LogP contribution in [0.2, 0.25) is 0 Å². The van der Waals surface area contributed by atoms with E-state index in [2.05, 4.69) is 0 Å². The number of carbonyl (C=O) groups excluding carboxylic acids is 1. The normalized spacial score (nSPS) is 10.8. The number of nitro groups is 1. The van der Waals surface area contributed by atoms with Gasteiger partial charge in [0, 0.05) is 11.6 Å². The zero-order valence-corrected chi connectivity index (χ0v) is 10.5. The average molecular weight is 267 g/mol. The minimum absolute atomic E-state index is 0.0649. The minimum atomic E-state index is -1.17. The van der Waals surface area contributed by atoms with Crippen LogP contribution >= 0.6 is 0 Å². The molecule has 0 radical (unpaired) electrons. The number of hydrogen-bond donors (Lipinski definition) is 1. The SMILES string of the molecule is CC(C)(COc1ccc(C=O)cc1[N+](=O)[O-])C(=O)O. The first-order valence-corrected chi connectivity index (χ1v) is 5.38. The number of benzene rings is 1. The summed E-state index contributed by atoms with van der Waals surface area (Å²) in [4.78, 5) is 31.6. The predicted molar refractivity (Wildman–Crippen MR) is 65.4 cm³/mol. The molecule has 0 aliphatic rings. The van der Waals surface area contributed by atoms with E-state index < -0.39 is 16.3 Å². The number of rotatable bonds is 6. The second-order valence-corrected chi connectivity index (χ2v) is 4.58. The molecule has 0 fully saturated rings. The van der Waals surface area contributed by atoms with Crippen LogP contribution in [0, 0.1) is 15.5 Å². The first-order chi connectivity index (χ1) is 8.77. The van der Waals surface area contributed by atoms with Gasteiger partial charge in [0.15, 0.2) is 5.75 Å². The molecule has 0 saturated carbocycles. The van der Waals surface area contributed by atoms with E-state index in [1.165, 1.54) is 26.0 Å². The molecule has 102 valence electrons. The van der Waals surface area contributed by atoms with E-state index in [0.29, 0.717) is 6.29 Å². The van der Waals surface area contributed by atoms with Crippen molar-refractivity contribution in [3.8, 4) is 5.75 Å². The molecule has 1 N–H and O–H groups in total. The van der Waals surface area contributed by atoms with Crippen LogP contribution in [-0.2, 0) is 4.79 Å². The summed E-state index contributed by atoms with van der Waals surface area (Å²) in [5.74, 6) is -1.13. The molecule has 0 atom stereocenters. The number of hydrogen-bond acceptors (Lipinski definition) is 5. The molecule has 19 heavy (non-hydrogen) atoms. The maximum absolute atomic E-state index is 10.9. The van der Waals surface area contributed by atoms with Crippen LogP contribution in [0.4, 0.5) is 5.69 Å². The topological polar surface area (TPSA) is 107 Å². The van der Waals surface area contributed by atoms with Gasteiger partial charge in [0.25, 0.3) is 0 Å². The number of ether oxygens (including phenoxy) is 1. The number of aliphatic carboxylic acids is 1. The second kappa shape index (κ2) is 5.47. The van der Waals surface area contributed by atoms with Gasteiger partial charge in [-0.2, -0.15) is 0 Å². The lowest BCUT2D eigenvalue weighted by molar-refractivity contribution is -0.386. The fraction of sp³-hybridized carbons (Fsp3) is 0.333. The molecule has 0 saturated heterocycles. The lowest BCUT2D eigenvalue weighted by atomic mass is 9.95. The third-order valence-electron chi connectivity index (χ3n) is 2.48. The van der Waals surface area contributed by atoms with E-state index >= 15 is 0 Å². The van der Waals surface area contributed by atoms with E-state index in [1.54, 1.807) is 0 Å². The van der Waals surface area contributed by atoms with Crippen LogP contribution in [0.1, 0.15) is 24.2 Å². The highest BCUT2D eigenvalue weighted by Crippen LogP contribution is 2.29. The lowest BCUT2D eigenvalue weighted by Gasteiger charge is -2.19. The first-order valence-electron chi connectivity index (χ1n) is 5.38. The molecule has 1 rings (SSSR count). The quantitative estimate of drug-likeness (QED) is 0.479. The van der Waals surface area contributed by atoms with Gasteiger partial charge in [-0.3, -0.25) is 19.7 Å².